The molecule has 8 nitrogen and oxygen atoms in total. The molecular formula is C25H22N4O4. The Morgan fingerprint density at radius 1 is 0.970 bits per heavy atom. The minimum Gasteiger partial charge on any atom is -0.478 e. The van der Waals surface area contributed by atoms with Crippen molar-refractivity contribution in [3.63, 3.8) is 0 Å². The lowest BCUT2D eigenvalue weighted by Gasteiger charge is -2.11. The Bertz CT molecular complexity index is 1390. The highest BCUT2D eigenvalue weighted by Crippen LogP contribution is 2.24. The maximum atomic E-state index is 12.9. The smallest absolute Gasteiger partial charge is 0.335 e. The molecule has 2 heterocycles. The van der Waals surface area contributed by atoms with Crippen LogP contribution in [0.1, 0.15) is 34.1 Å². The molecule has 2 N–H and O–H groups in total. The monoisotopic (exact) mass is 442 g/mol. The number of anilines is 1. The molecule has 4 rings (SSSR count). The van der Waals surface area contributed by atoms with Crippen LogP contribution in [-0.4, -0.2) is 32.5 Å². The summed E-state index contributed by atoms with van der Waals surface area (Å²) in [7, 11) is 0. The fraction of sp³-hybridized carbons (Fsp3) is 0.120. The second kappa shape index (κ2) is 8.58. The molecule has 0 saturated carbocycles. The van der Waals surface area contributed by atoms with E-state index >= 15 is 0 Å². The Labute approximate surface area is 189 Å². The lowest BCUT2D eigenvalue weighted by atomic mass is 10.1. The van der Waals surface area contributed by atoms with Crippen LogP contribution in [0.2, 0.25) is 0 Å². The standard InChI is InChI=1S/C25H22N4O4/c1-15-7-11-19(12-8-15)28-23(30)21(16(2)26-28)5-4-6-22-17(3)27-29(24(22)31)20-13-9-18(10-14-20)25(32)33/h4-14,26H,1-3H3,(H,32,33)/b5-4+,22-6+. The highest BCUT2D eigenvalue weighted by Gasteiger charge is 2.28. The highest BCUT2D eigenvalue weighted by molar-refractivity contribution is 6.29. The van der Waals surface area contributed by atoms with E-state index in [1.165, 1.54) is 34.0 Å². The normalized spacial score (nSPS) is 15.0. The van der Waals surface area contributed by atoms with Crippen LogP contribution in [0, 0.1) is 13.8 Å². The summed E-state index contributed by atoms with van der Waals surface area (Å²) in [6.45, 7) is 5.51. The SMILES string of the molecule is CC1=NN(c2ccc(C(=O)O)cc2)C(=O)/C1=C/C=C/c1c(C)[nH]n(-c2ccc(C)cc2)c1=O. The van der Waals surface area contributed by atoms with Gasteiger partial charge in [0, 0.05) is 5.69 Å². The molecule has 8 heteroatoms. The van der Waals surface area contributed by atoms with Gasteiger partial charge in [-0.2, -0.15) is 10.1 Å². The zero-order valence-corrected chi connectivity index (χ0v) is 18.4. The number of nitrogens with one attached hydrogen (secondary N) is 1. The number of allylic oxidation sites excluding steroid dienone is 2. The average molecular weight is 442 g/mol. The van der Waals surface area contributed by atoms with Crippen molar-refractivity contribution in [1.82, 2.24) is 9.78 Å². The topological polar surface area (TPSA) is 108 Å². The van der Waals surface area contributed by atoms with E-state index in [0.717, 1.165) is 11.3 Å². The van der Waals surface area contributed by atoms with Crippen molar-refractivity contribution < 1.29 is 14.7 Å². The van der Waals surface area contributed by atoms with Gasteiger partial charge < -0.3 is 5.11 Å². The van der Waals surface area contributed by atoms with E-state index in [-0.39, 0.29) is 17.0 Å². The van der Waals surface area contributed by atoms with E-state index in [0.29, 0.717) is 28.2 Å². The maximum Gasteiger partial charge on any atom is 0.335 e. The molecular weight excluding hydrogens is 420 g/mol. The van der Waals surface area contributed by atoms with Crippen LogP contribution in [0.3, 0.4) is 0 Å². The molecule has 0 aliphatic carbocycles. The van der Waals surface area contributed by atoms with Gasteiger partial charge in [-0.25, -0.2) is 9.48 Å². The van der Waals surface area contributed by atoms with Gasteiger partial charge in [-0.1, -0.05) is 23.8 Å². The Kier molecular flexibility index (Phi) is 5.66. The molecule has 1 aliphatic rings. The minimum atomic E-state index is -1.04. The molecule has 1 aromatic heterocycles. The first-order chi connectivity index (χ1) is 15.8. The second-order valence-electron chi connectivity index (χ2n) is 7.72. The third-order valence-electron chi connectivity index (χ3n) is 5.36. The minimum absolute atomic E-state index is 0.128. The van der Waals surface area contributed by atoms with E-state index in [9.17, 15) is 14.4 Å². The first-order valence-electron chi connectivity index (χ1n) is 10.3. The van der Waals surface area contributed by atoms with Crippen LogP contribution in [0.25, 0.3) is 11.8 Å². The zero-order chi connectivity index (χ0) is 23.7. The zero-order valence-electron chi connectivity index (χ0n) is 18.4. The molecule has 33 heavy (non-hydrogen) atoms. The largest absolute Gasteiger partial charge is 0.478 e. The number of hydrogen-bond donors (Lipinski definition) is 2. The maximum absolute atomic E-state index is 12.9. The van der Waals surface area contributed by atoms with Crippen LogP contribution in [-0.2, 0) is 4.79 Å². The number of benzene rings is 2. The van der Waals surface area contributed by atoms with Gasteiger partial charge in [0.15, 0.2) is 0 Å². The van der Waals surface area contributed by atoms with Crippen molar-refractivity contribution in [1.29, 1.82) is 0 Å². The van der Waals surface area contributed by atoms with Crippen LogP contribution < -0.4 is 10.6 Å². The van der Waals surface area contributed by atoms with E-state index in [1.807, 2.05) is 38.1 Å². The number of amides is 1. The molecule has 1 aliphatic heterocycles. The molecule has 0 atom stereocenters. The number of hydrazone groups is 1. The Morgan fingerprint density at radius 2 is 1.61 bits per heavy atom. The van der Waals surface area contributed by atoms with Crippen molar-refractivity contribution >= 4 is 29.4 Å². The van der Waals surface area contributed by atoms with Crippen molar-refractivity contribution in [2.75, 3.05) is 5.01 Å². The summed E-state index contributed by atoms with van der Waals surface area (Å²) < 4.78 is 1.48. The van der Waals surface area contributed by atoms with E-state index in [2.05, 4.69) is 10.2 Å². The number of aromatic amines is 1. The summed E-state index contributed by atoms with van der Waals surface area (Å²) in [6, 6.07) is 13.5. The lowest BCUT2D eigenvalue weighted by molar-refractivity contribution is -0.114. The molecule has 0 unspecified atom stereocenters. The number of nitrogens with zero attached hydrogens (tertiary/aromatic N) is 3. The van der Waals surface area contributed by atoms with Gasteiger partial charge in [0.05, 0.1) is 33.8 Å². The number of carboxylic acid groups (broad SMARTS) is 1. The summed E-state index contributed by atoms with van der Waals surface area (Å²) in [5, 5.41) is 17.6. The summed E-state index contributed by atoms with van der Waals surface area (Å²) in [5.74, 6) is -1.37. The predicted octanol–water partition coefficient (Wildman–Crippen LogP) is 3.84. The highest BCUT2D eigenvalue weighted by atomic mass is 16.4. The van der Waals surface area contributed by atoms with Crippen LogP contribution in [0.4, 0.5) is 5.69 Å². The van der Waals surface area contributed by atoms with Gasteiger partial charge in [-0.05, 0) is 69.3 Å². The number of aromatic nitrogens is 2. The van der Waals surface area contributed by atoms with E-state index in [1.54, 1.807) is 25.2 Å². The van der Waals surface area contributed by atoms with Crippen LogP contribution >= 0.6 is 0 Å². The summed E-state index contributed by atoms with van der Waals surface area (Å²) in [4.78, 5) is 36.7. The molecule has 0 spiro atoms. The average Bonchev–Trinajstić information content (AvgIpc) is 3.24. The molecule has 166 valence electrons. The number of carboxylic acids is 1. The van der Waals surface area contributed by atoms with Gasteiger partial charge in [0.2, 0.25) is 0 Å². The molecule has 0 bridgehead atoms. The Hall–Kier alpha value is -4.46. The third-order valence-corrected chi connectivity index (χ3v) is 5.36. The third kappa shape index (κ3) is 4.18. The molecule has 0 saturated heterocycles. The summed E-state index contributed by atoms with van der Waals surface area (Å²) in [5.41, 5.74) is 4.37. The molecule has 2 aromatic carbocycles. The first-order valence-corrected chi connectivity index (χ1v) is 10.3. The second-order valence-corrected chi connectivity index (χ2v) is 7.72. The molecule has 0 fully saturated rings. The molecule has 0 radical (unpaired) electrons. The molecule has 3 aromatic rings. The number of H-pyrrole nitrogens is 1. The summed E-state index contributed by atoms with van der Waals surface area (Å²) >= 11 is 0. The van der Waals surface area contributed by atoms with Crippen LogP contribution in [0.15, 0.2) is 76.2 Å². The number of aromatic carboxylic acids is 1. The van der Waals surface area contributed by atoms with Gasteiger partial charge in [-0.15, -0.1) is 0 Å². The van der Waals surface area contributed by atoms with Crippen LogP contribution in [0.5, 0.6) is 0 Å². The van der Waals surface area contributed by atoms with Gasteiger partial charge in [0.25, 0.3) is 11.5 Å². The predicted molar refractivity (Wildman–Crippen MR) is 127 cm³/mol. The number of carbonyl (C=O) groups excluding carboxylic acids is 1. The Balaban J connectivity index is 1.57. The van der Waals surface area contributed by atoms with Crippen molar-refractivity contribution in [2.45, 2.75) is 20.8 Å². The van der Waals surface area contributed by atoms with Gasteiger partial charge in [0.1, 0.15) is 0 Å². The summed E-state index contributed by atoms with van der Waals surface area (Å²) in [6.07, 6.45) is 4.94. The van der Waals surface area contributed by atoms with Gasteiger partial charge >= 0.3 is 5.97 Å². The quantitative estimate of drug-likeness (QED) is 0.585. The fourth-order valence-electron chi connectivity index (χ4n) is 3.50. The van der Waals surface area contributed by atoms with Gasteiger partial charge in [-0.3, -0.25) is 14.7 Å². The van der Waals surface area contributed by atoms with Crippen molar-refractivity contribution in [3.8, 4) is 5.69 Å². The molecule has 1 amide bonds. The fourth-order valence-corrected chi connectivity index (χ4v) is 3.50. The Morgan fingerprint density at radius 3 is 2.24 bits per heavy atom. The lowest BCUT2D eigenvalue weighted by Crippen LogP contribution is -2.21. The number of hydrogen-bond acceptors (Lipinski definition) is 4. The van der Waals surface area contributed by atoms with E-state index < -0.39 is 5.97 Å². The number of carbonyl (C=O) groups is 2. The van der Waals surface area contributed by atoms with E-state index in [4.69, 9.17) is 5.11 Å². The number of aryl methyl sites for hydroxylation is 2. The van der Waals surface area contributed by atoms with Crippen molar-refractivity contribution in [3.05, 3.63) is 99.0 Å². The number of rotatable bonds is 5. The van der Waals surface area contributed by atoms with Crippen molar-refractivity contribution in [2.24, 2.45) is 5.10 Å². The first kappa shape index (κ1) is 21.8.